The van der Waals surface area contributed by atoms with E-state index in [9.17, 15) is 9.59 Å². The predicted molar refractivity (Wildman–Crippen MR) is 88.0 cm³/mol. The van der Waals surface area contributed by atoms with Gasteiger partial charge in [0.15, 0.2) is 0 Å². The van der Waals surface area contributed by atoms with Crippen LogP contribution in [0, 0.1) is 5.41 Å². The number of hydrogen-bond donors (Lipinski definition) is 1. The van der Waals surface area contributed by atoms with E-state index in [1.54, 1.807) is 24.3 Å². The number of hydrogen-bond acceptors (Lipinski definition) is 2. The molecule has 1 fully saturated rings. The average molecular weight is 323 g/mol. The average Bonchev–Trinajstić information content (AvgIpc) is 2.47. The van der Waals surface area contributed by atoms with Crippen LogP contribution < -0.4 is 5.32 Å². The van der Waals surface area contributed by atoms with E-state index in [4.69, 9.17) is 11.6 Å². The fraction of sp³-hybridized carbons (Fsp3) is 0.529. The van der Waals surface area contributed by atoms with Crippen LogP contribution in [0.2, 0.25) is 5.02 Å². The van der Waals surface area contributed by atoms with Gasteiger partial charge in [0.2, 0.25) is 5.91 Å². The molecule has 0 atom stereocenters. The summed E-state index contributed by atoms with van der Waals surface area (Å²) >= 11 is 5.84. The summed E-state index contributed by atoms with van der Waals surface area (Å²) in [6.45, 7) is 7.04. The molecule has 1 aromatic carbocycles. The molecule has 22 heavy (non-hydrogen) atoms. The van der Waals surface area contributed by atoms with Crippen molar-refractivity contribution in [3.8, 4) is 0 Å². The van der Waals surface area contributed by atoms with Gasteiger partial charge in [-0.2, -0.15) is 0 Å². The van der Waals surface area contributed by atoms with Crippen molar-refractivity contribution in [1.29, 1.82) is 0 Å². The van der Waals surface area contributed by atoms with Crippen LogP contribution in [0.4, 0.5) is 0 Å². The molecule has 1 heterocycles. The van der Waals surface area contributed by atoms with Gasteiger partial charge >= 0.3 is 0 Å². The second kappa shape index (κ2) is 6.69. The number of piperidine rings is 1. The normalized spacial score (nSPS) is 16.5. The molecular weight excluding hydrogens is 300 g/mol. The van der Waals surface area contributed by atoms with Gasteiger partial charge in [-0.25, -0.2) is 0 Å². The van der Waals surface area contributed by atoms with Gasteiger partial charge in [0, 0.05) is 35.1 Å². The van der Waals surface area contributed by atoms with E-state index >= 15 is 0 Å². The number of nitrogens with one attached hydrogen (secondary N) is 1. The van der Waals surface area contributed by atoms with Crippen molar-refractivity contribution in [2.24, 2.45) is 5.41 Å². The molecule has 2 rings (SSSR count). The first-order chi connectivity index (χ1) is 10.3. The number of amides is 2. The number of nitrogens with zero attached hydrogens (tertiary/aromatic N) is 1. The lowest BCUT2D eigenvalue weighted by Gasteiger charge is -2.33. The number of halogens is 1. The van der Waals surface area contributed by atoms with Gasteiger partial charge in [-0.3, -0.25) is 9.59 Å². The molecule has 0 saturated carbocycles. The van der Waals surface area contributed by atoms with E-state index in [2.05, 4.69) is 5.32 Å². The van der Waals surface area contributed by atoms with Crippen LogP contribution in [0.15, 0.2) is 24.3 Å². The van der Waals surface area contributed by atoms with Gasteiger partial charge in [-0.15, -0.1) is 0 Å². The summed E-state index contributed by atoms with van der Waals surface area (Å²) in [4.78, 5) is 26.2. The van der Waals surface area contributed by atoms with Crippen LogP contribution >= 0.6 is 11.6 Å². The van der Waals surface area contributed by atoms with Crippen LogP contribution in [-0.2, 0) is 4.79 Å². The number of likely N-dealkylation sites (tertiary alicyclic amines) is 1. The Bertz CT molecular complexity index is 541. The predicted octanol–water partition coefficient (Wildman–Crippen LogP) is 3.11. The van der Waals surface area contributed by atoms with Crippen molar-refractivity contribution >= 4 is 23.4 Å². The first-order valence-electron chi connectivity index (χ1n) is 7.63. The zero-order chi connectivity index (χ0) is 16.3. The fourth-order valence-electron chi connectivity index (χ4n) is 2.40. The van der Waals surface area contributed by atoms with Gasteiger partial charge in [-0.1, -0.05) is 32.4 Å². The highest BCUT2D eigenvalue weighted by atomic mass is 35.5. The Labute approximate surface area is 136 Å². The molecule has 0 radical (unpaired) electrons. The summed E-state index contributed by atoms with van der Waals surface area (Å²) in [5.41, 5.74) is 0.276. The van der Waals surface area contributed by atoms with Crippen LogP contribution in [0.1, 0.15) is 44.0 Å². The third-order valence-electron chi connectivity index (χ3n) is 3.89. The topological polar surface area (TPSA) is 49.4 Å². The van der Waals surface area contributed by atoms with E-state index in [0.717, 1.165) is 12.8 Å². The lowest BCUT2D eigenvalue weighted by molar-refractivity contribution is -0.129. The lowest BCUT2D eigenvalue weighted by atomic mass is 9.94. The first-order valence-corrected chi connectivity index (χ1v) is 8.01. The van der Waals surface area contributed by atoms with Crippen molar-refractivity contribution in [1.82, 2.24) is 10.2 Å². The van der Waals surface area contributed by atoms with Crippen LogP contribution in [0.25, 0.3) is 0 Å². The molecule has 1 aromatic rings. The minimum Gasteiger partial charge on any atom is -0.353 e. The highest BCUT2D eigenvalue weighted by Gasteiger charge is 2.28. The van der Waals surface area contributed by atoms with Crippen molar-refractivity contribution < 1.29 is 9.59 Å². The molecule has 0 unspecified atom stereocenters. The van der Waals surface area contributed by atoms with Crippen molar-refractivity contribution in [3.05, 3.63) is 34.9 Å². The van der Waals surface area contributed by atoms with E-state index in [1.165, 1.54) is 0 Å². The molecule has 4 nitrogen and oxygen atoms in total. The zero-order valence-corrected chi connectivity index (χ0v) is 14.1. The molecule has 5 heteroatoms. The van der Waals surface area contributed by atoms with E-state index in [1.807, 2.05) is 25.7 Å². The number of benzene rings is 1. The number of carbonyl (C=O) groups is 2. The van der Waals surface area contributed by atoms with Gasteiger partial charge in [0.1, 0.15) is 0 Å². The molecule has 0 bridgehead atoms. The van der Waals surface area contributed by atoms with Crippen LogP contribution in [0.5, 0.6) is 0 Å². The van der Waals surface area contributed by atoms with E-state index < -0.39 is 0 Å². The van der Waals surface area contributed by atoms with E-state index in [-0.39, 0.29) is 23.3 Å². The summed E-state index contributed by atoms with van der Waals surface area (Å²) in [6, 6.07) is 7.10. The van der Waals surface area contributed by atoms with Gasteiger partial charge in [0.25, 0.3) is 5.91 Å². The molecule has 1 aliphatic heterocycles. The first kappa shape index (κ1) is 16.8. The van der Waals surface area contributed by atoms with Crippen molar-refractivity contribution in [3.63, 3.8) is 0 Å². The Morgan fingerprint density at radius 3 is 2.18 bits per heavy atom. The Kier molecular flexibility index (Phi) is 5.12. The lowest BCUT2D eigenvalue weighted by Crippen LogP contribution is -2.49. The molecule has 0 spiro atoms. The SMILES string of the molecule is CC(C)(C)C(=O)NC1CCN(C(=O)c2ccc(Cl)cc2)CC1. The molecule has 1 N–H and O–H groups in total. The minimum atomic E-state index is -0.379. The van der Waals surface area contributed by atoms with Crippen LogP contribution in [0.3, 0.4) is 0 Å². The maximum absolute atomic E-state index is 12.4. The Hall–Kier alpha value is -1.55. The zero-order valence-electron chi connectivity index (χ0n) is 13.4. The summed E-state index contributed by atoms with van der Waals surface area (Å²) in [7, 11) is 0. The molecule has 120 valence electrons. The maximum Gasteiger partial charge on any atom is 0.253 e. The minimum absolute atomic E-state index is 0.0252. The molecular formula is C17H23ClN2O2. The molecule has 0 aromatic heterocycles. The Morgan fingerprint density at radius 2 is 1.68 bits per heavy atom. The third-order valence-corrected chi connectivity index (χ3v) is 4.14. The summed E-state index contributed by atoms with van der Waals surface area (Å²) in [5.74, 6) is 0.0900. The summed E-state index contributed by atoms with van der Waals surface area (Å²) in [6.07, 6.45) is 1.59. The maximum atomic E-state index is 12.4. The van der Waals surface area contributed by atoms with Gasteiger partial charge in [0.05, 0.1) is 0 Å². The van der Waals surface area contributed by atoms with Crippen LogP contribution in [-0.4, -0.2) is 35.8 Å². The van der Waals surface area contributed by atoms with Gasteiger partial charge in [-0.05, 0) is 37.1 Å². The highest BCUT2D eigenvalue weighted by Crippen LogP contribution is 2.18. The van der Waals surface area contributed by atoms with E-state index in [0.29, 0.717) is 23.7 Å². The molecule has 0 aliphatic carbocycles. The van der Waals surface area contributed by atoms with Gasteiger partial charge < -0.3 is 10.2 Å². The summed E-state index contributed by atoms with van der Waals surface area (Å²) < 4.78 is 0. The monoisotopic (exact) mass is 322 g/mol. The smallest absolute Gasteiger partial charge is 0.253 e. The van der Waals surface area contributed by atoms with Crippen molar-refractivity contribution in [2.75, 3.05) is 13.1 Å². The third kappa shape index (κ3) is 4.23. The molecule has 2 amide bonds. The number of carbonyl (C=O) groups excluding carboxylic acids is 2. The Balaban J connectivity index is 1.88. The Morgan fingerprint density at radius 1 is 1.14 bits per heavy atom. The molecule has 1 aliphatic rings. The fourth-order valence-corrected chi connectivity index (χ4v) is 2.53. The number of rotatable bonds is 2. The second-order valence-electron chi connectivity index (χ2n) is 6.80. The molecule has 1 saturated heterocycles. The largest absolute Gasteiger partial charge is 0.353 e. The highest BCUT2D eigenvalue weighted by molar-refractivity contribution is 6.30. The quantitative estimate of drug-likeness (QED) is 0.909. The summed E-state index contributed by atoms with van der Waals surface area (Å²) in [5, 5.41) is 3.70. The van der Waals surface area contributed by atoms with Crippen molar-refractivity contribution in [2.45, 2.75) is 39.7 Å². The standard InChI is InChI=1S/C17H23ClN2O2/c1-17(2,3)16(22)19-14-8-10-20(11-9-14)15(21)12-4-6-13(18)7-5-12/h4-7,14H,8-11H2,1-3H3,(H,19,22). The second-order valence-corrected chi connectivity index (χ2v) is 7.23.